The van der Waals surface area contributed by atoms with Crippen LogP contribution in [0.4, 0.5) is 0 Å². The molecule has 1 saturated carbocycles. The van der Waals surface area contributed by atoms with E-state index in [2.05, 4.69) is 5.32 Å². The Bertz CT molecular complexity index is 786. The van der Waals surface area contributed by atoms with Crippen molar-refractivity contribution in [1.82, 2.24) is 9.62 Å². The van der Waals surface area contributed by atoms with Crippen LogP contribution in [0, 0.1) is 12.8 Å². The Kier molecular flexibility index (Phi) is 5.39. The van der Waals surface area contributed by atoms with Gasteiger partial charge >= 0.3 is 0 Å². The summed E-state index contributed by atoms with van der Waals surface area (Å²) in [4.78, 5) is 12.9. The topological polar surface area (TPSA) is 102 Å². The smallest absolute Gasteiger partial charge is 0.251 e. The molecule has 3 N–H and O–H groups in total. The van der Waals surface area contributed by atoms with Crippen LogP contribution in [-0.4, -0.2) is 57.0 Å². The molecule has 1 amide bonds. The lowest BCUT2D eigenvalue weighted by molar-refractivity contribution is 0.0730. The third kappa shape index (κ3) is 3.78. The zero-order valence-electron chi connectivity index (χ0n) is 15.3. The minimum atomic E-state index is -3.65. The Morgan fingerprint density at radius 3 is 2.58 bits per heavy atom. The van der Waals surface area contributed by atoms with Gasteiger partial charge in [-0.3, -0.25) is 4.79 Å². The normalized spacial score (nSPS) is 21.2. The van der Waals surface area contributed by atoms with E-state index in [0.29, 0.717) is 49.9 Å². The lowest BCUT2D eigenvalue weighted by Crippen LogP contribution is -2.53. The molecule has 0 aromatic heterocycles. The molecule has 1 aromatic rings. The SMILES string of the molecule is Cc1ccc(C(=O)NC(C)(CN)C2CC2)cc1S(=O)(=O)N1CCOCC1. The molecule has 8 heteroatoms. The highest BCUT2D eigenvalue weighted by Crippen LogP contribution is 2.39. The Balaban J connectivity index is 1.86. The predicted molar refractivity (Wildman–Crippen MR) is 98.4 cm³/mol. The molecule has 144 valence electrons. The second kappa shape index (κ2) is 7.26. The molecule has 1 aliphatic carbocycles. The summed E-state index contributed by atoms with van der Waals surface area (Å²) in [6.45, 7) is 5.46. The van der Waals surface area contributed by atoms with Gasteiger partial charge in [-0.25, -0.2) is 8.42 Å². The number of hydrogen-bond donors (Lipinski definition) is 2. The number of morpholine rings is 1. The lowest BCUT2D eigenvalue weighted by atomic mass is 9.95. The van der Waals surface area contributed by atoms with E-state index in [0.717, 1.165) is 12.8 Å². The fraction of sp³-hybridized carbons (Fsp3) is 0.611. The fourth-order valence-corrected chi connectivity index (χ4v) is 4.98. The van der Waals surface area contributed by atoms with Gasteiger partial charge in [0.2, 0.25) is 10.0 Å². The number of amides is 1. The largest absolute Gasteiger partial charge is 0.379 e. The molecular weight excluding hydrogens is 354 g/mol. The van der Waals surface area contributed by atoms with E-state index in [1.54, 1.807) is 19.1 Å². The Morgan fingerprint density at radius 1 is 1.35 bits per heavy atom. The van der Waals surface area contributed by atoms with E-state index in [-0.39, 0.29) is 10.8 Å². The number of benzene rings is 1. The molecule has 7 nitrogen and oxygen atoms in total. The number of aryl methyl sites for hydroxylation is 1. The lowest BCUT2D eigenvalue weighted by Gasteiger charge is -2.30. The summed E-state index contributed by atoms with van der Waals surface area (Å²) >= 11 is 0. The van der Waals surface area contributed by atoms with Crippen LogP contribution in [0.3, 0.4) is 0 Å². The molecule has 1 saturated heterocycles. The average Bonchev–Trinajstić information content (AvgIpc) is 3.48. The number of nitrogens with zero attached hydrogens (tertiary/aromatic N) is 1. The quantitative estimate of drug-likeness (QED) is 0.761. The van der Waals surface area contributed by atoms with Crippen molar-refractivity contribution >= 4 is 15.9 Å². The summed E-state index contributed by atoms with van der Waals surface area (Å²) in [7, 11) is -3.65. The fourth-order valence-electron chi connectivity index (χ4n) is 3.32. The summed E-state index contributed by atoms with van der Waals surface area (Å²) < 4.78 is 32.6. The van der Waals surface area contributed by atoms with E-state index in [1.165, 1.54) is 10.4 Å². The minimum Gasteiger partial charge on any atom is -0.379 e. The molecule has 1 atom stereocenters. The number of rotatable bonds is 6. The van der Waals surface area contributed by atoms with Crippen LogP contribution in [0.5, 0.6) is 0 Å². The third-order valence-corrected chi connectivity index (χ3v) is 7.38. The highest BCUT2D eigenvalue weighted by Gasteiger charge is 2.41. The van der Waals surface area contributed by atoms with Crippen LogP contribution in [0.2, 0.25) is 0 Å². The molecule has 2 fully saturated rings. The van der Waals surface area contributed by atoms with Gasteiger partial charge in [0.25, 0.3) is 5.91 Å². The van der Waals surface area contributed by atoms with Crippen molar-refractivity contribution in [2.45, 2.75) is 37.1 Å². The Hall–Kier alpha value is -1.48. The second-order valence-electron chi connectivity index (χ2n) is 7.35. The molecule has 3 rings (SSSR count). The van der Waals surface area contributed by atoms with Crippen molar-refractivity contribution in [3.8, 4) is 0 Å². The predicted octanol–water partition coefficient (Wildman–Crippen LogP) is 0.873. The number of hydrogen-bond acceptors (Lipinski definition) is 5. The zero-order valence-corrected chi connectivity index (χ0v) is 16.1. The van der Waals surface area contributed by atoms with Crippen molar-refractivity contribution in [2.24, 2.45) is 11.7 Å². The van der Waals surface area contributed by atoms with Gasteiger partial charge in [0.05, 0.1) is 23.6 Å². The summed E-state index contributed by atoms with van der Waals surface area (Å²) in [6.07, 6.45) is 2.11. The molecule has 1 heterocycles. The van der Waals surface area contributed by atoms with Crippen LogP contribution in [-0.2, 0) is 14.8 Å². The number of carbonyl (C=O) groups excluding carboxylic acids is 1. The molecule has 1 aromatic carbocycles. The minimum absolute atomic E-state index is 0.174. The van der Waals surface area contributed by atoms with Gasteiger partial charge < -0.3 is 15.8 Å². The maximum absolute atomic E-state index is 13.0. The van der Waals surface area contributed by atoms with E-state index < -0.39 is 15.6 Å². The van der Waals surface area contributed by atoms with Crippen molar-refractivity contribution < 1.29 is 17.9 Å². The van der Waals surface area contributed by atoms with Crippen LogP contribution >= 0.6 is 0 Å². The summed E-state index contributed by atoms with van der Waals surface area (Å²) in [5.41, 5.74) is 6.37. The van der Waals surface area contributed by atoms with Crippen LogP contribution in [0.1, 0.15) is 35.7 Å². The van der Waals surface area contributed by atoms with Crippen molar-refractivity contribution in [3.63, 3.8) is 0 Å². The molecule has 26 heavy (non-hydrogen) atoms. The maximum Gasteiger partial charge on any atom is 0.251 e. The first kappa shape index (κ1) is 19.3. The summed E-state index contributed by atoms with van der Waals surface area (Å²) in [5, 5.41) is 3.01. The van der Waals surface area contributed by atoms with Crippen LogP contribution < -0.4 is 11.1 Å². The van der Waals surface area contributed by atoms with Gasteiger partial charge in [-0.05, 0) is 50.3 Å². The number of nitrogens with two attached hydrogens (primary N) is 1. The first-order valence-electron chi connectivity index (χ1n) is 8.99. The van der Waals surface area contributed by atoms with Gasteiger partial charge in [-0.1, -0.05) is 6.07 Å². The van der Waals surface area contributed by atoms with E-state index >= 15 is 0 Å². The van der Waals surface area contributed by atoms with Gasteiger partial charge in [0.1, 0.15) is 0 Å². The molecule has 2 aliphatic rings. The van der Waals surface area contributed by atoms with Gasteiger partial charge in [-0.15, -0.1) is 0 Å². The highest BCUT2D eigenvalue weighted by atomic mass is 32.2. The van der Waals surface area contributed by atoms with Crippen LogP contribution in [0.15, 0.2) is 23.1 Å². The molecule has 0 radical (unpaired) electrons. The van der Waals surface area contributed by atoms with Gasteiger partial charge in [0.15, 0.2) is 0 Å². The first-order chi connectivity index (χ1) is 12.3. The molecule has 0 bridgehead atoms. The van der Waals surface area contributed by atoms with Crippen molar-refractivity contribution in [3.05, 3.63) is 29.3 Å². The van der Waals surface area contributed by atoms with Gasteiger partial charge in [-0.2, -0.15) is 4.31 Å². The Labute approximate surface area is 154 Å². The second-order valence-corrected chi connectivity index (χ2v) is 9.25. The monoisotopic (exact) mass is 381 g/mol. The first-order valence-corrected chi connectivity index (χ1v) is 10.4. The molecule has 1 aliphatic heterocycles. The molecular formula is C18H27N3O4S. The maximum atomic E-state index is 13.0. The number of sulfonamides is 1. The standard InChI is InChI=1S/C18H27N3O4S/c1-13-3-4-14(17(22)20-18(2,12-19)15-5-6-15)11-16(13)26(23,24)21-7-9-25-10-8-21/h3-4,11,15H,5-10,12,19H2,1-2H3,(H,20,22). The highest BCUT2D eigenvalue weighted by molar-refractivity contribution is 7.89. The van der Waals surface area contributed by atoms with E-state index in [1.807, 2.05) is 6.92 Å². The van der Waals surface area contributed by atoms with E-state index in [9.17, 15) is 13.2 Å². The van der Waals surface area contributed by atoms with E-state index in [4.69, 9.17) is 10.5 Å². The van der Waals surface area contributed by atoms with Crippen molar-refractivity contribution in [1.29, 1.82) is 0 Å². The number of nitrogens with one attached hydrogen (secondary N) is 1. The summed E-state index contributed by atoms with van der Waals surface area (Å²) in [5.74, 6) is 0.0988. The third-order valence-electron chi connectivity index (χ3n) is 5.34. The number of ether oxygens (including phenoxy) is 1. The average molecular weight is 381 g/mol. The summed E-state index contributed by atoms with van der Waals surface area (Å²) in [6, 6.07) is 4.81. The molecule has 0 spiro atoms. The van der Waals surface area contributed by atoms with Crippen LogP contribution in [0.25, 0.3) is 0 Å². The zero-order chi connectivity index (χ0) is 18.9. The molecule has 1 unspecified atom stereocenters. The van der Waals surface area contributed by atoms with Crippen molar-refractivity contribution in [2.75, 3.05) is 32.8 Å². The van der Waals surface area contributed by atoms with Gasteiger partial charge in [0, 0.05) is 25.2 Å². The number of carbonyl (C=O) groups is 1. The Morgan fingerprint density at radius 2 is 2.00 bits per heavy atom.